The van der Waals surface area contributed by atoms with Gasteiger partial charge in [-0.2, -0.15) is 0 Å². The number of ether oxygens (including phenoxy) is 1. The zero-order valence-corrected chi connectivity index (χ0v) is 12.8. The topological polar surface area (TPSA) is 21.3 Å². The molecular weight excluding hydrogens is 234 g/mol. The largest absolute Gasteiger partial charge is 0.378 e. The lowest BCUT2D eigenvalue weighted by Crippen LogP contribution is -2.42. The van der Waals surface area contributed by atoms with E-state index < -0.39 is 0 Å². The van der Waals surface area contributed by atoms with Crippen LogP contribution in [0.3, 0.4) is 0 Å². The van der Waals surface area contributed by atoms with Crippen LogP contribution < -0.4 is 5.32 Å². The van der Waals surface area contributed by atoms with E-state index >= 15 is 0 Å². The molecular formula is C17H31NO. The van der Waals surface area contributed by atoms with Crippen molar-refractivity contribution in [3.05, 3.63) is 0 Å². The summed E-state index contributed by atoms with van der Waals surface area (Å²) in [6.07, 6.45) is 10.5. The molecule has 1 aliphatic heterocycles. The van der Waals surface area contributed by atoms with Crippen molar-refractivity contribution in [2.24, 2.45) is 23.2 Å². The molecule has 3 aliphatic rings. The number of nitrogens with one attached hydrogen (secondary N) is 1. The Hall–Kier alpha value is -0.0800. The van der Waals surface area contributed by atoms with Crippen LogP contribution in [0.15, 0.2) is 0 Å². The Morgan fingerprint density at radius 3 is 2.74 bits per heavy atom. The second kappa shape index (κ2) is 5.73. The summed E-state index contributed by atoms with van der Waals surface area (Å²) in [4.78, 5) is 0. The lowest BCUT2D eigenvalue weighted by Gasteiger charge is -2.40. The smallest absolute Gasteiger partial charge is 0.0581 e. The van der Waals surface area contributed by atoms with E-state index in [4.69, 9.17) is 4.74 Å². The predicted molar refractivity (Wildman–Crippen MR) is 79.2 cm³/mol. The van der Waals surface area contributed by atoms with Gasteiger partial charge in [-0.15, -0.1) is 0 Å². The molecule has 4 unspecified atom stereocenters. The van der Waals surface area contributed by atoms with Gasteiger partial charge in [-0.1, -0.05) is 20.3 Å². The van der Waals surface area contributed by atoms with E-state index in [0.29, 0.717) is 11.5 Å². The average Bonchev–Trinajstić information content (AvgIpc) is 3.04. The maximum atomic E-state index is 5.95. The van der Waals surface area contributed by atoms with Gasteiger partial charge >= 0.3 is 0 Å². The Bertz CT molecular complexity index is 298. The molecule has 2 heteroatoms. The molecule has 1 N–H and O–H groups in total. The van der Waals surface area contributed by atoms with Gasteiger partial charge in [0.1, 0.15) is 0 Å². The summed E-state index contributed by atoms with van der Waals surface area (Å²) in [5, 5.41) is 3.77. The minimum atomic E-state index is 0.570. The third kappa shape index (κ3) is 3.00. The normalized spacial score (nSPS) is 41.5. The predicted octanol–water partition coefficient (Wildman–Crippen LogP) is 3.61. The first-order valence-corrected chi connectivity index (χ1v) is 8.50. The molecule has 0 spiro atoms. The highest BCUT2D eigenvalue weighted by Gasteiger charge is 2.51. The number of hydrogen-bond donors (Lipinski definition) is 1. The van der Waals surface area contributed by atoms with Crippen LogP contribution in [0.2, 0.25) is 0 Å². The first-order valence-electron chi connectivity index (χ1n) is 8.50. The van der Waals surface area contributed by atoms with Crippen LogP contribution in [0.1, 0.15) is 58.8 Å². The highest BCUT2D eigenvalue weighted by Crippen LogP contribution is 2.58. The van der Waals surface area contributed by atoms with Crippen molar-refractivity contribution < 1.29 is 4.74 Å². The first kappa shape index (κ1) is 13.9. The van der Waals surface area contributed by atoms with Crippen molar-refractivity contribution in [2.45, 2.75) is 64.9 Å². The van der Waals surface area contributed by atoms with Crippen LogP contribution in [-0.4, -0.2) is 25.8 Å². The van der Waals surface area contributed by atoms with Crippen LogP contribution >= 0.6 is 0 Å². The Morgan fingerprint density at radius 1 is 1.26 bits per heavy atom. The highest BCUT2D eigenvalue weighted by molar-refractivity contribution is 5.02. The van der Waals surface area contributed by atoms with Crippen LogP contribution in [0, 0.1) is 23.2 Å². The molecule has 1 heterocycles. The standard InChI is InChI=1S/C17H31NO/c1-13(2)11-18-12-17(10-16-4-3-7-19-16)9-14-5-6-15(17)8-14/h13-16,18H,3-12H2,1-2H3. The molecule has 0 aromatic carbocycles. The molecule has 110 valence electrons. The van der Waals surface area contributed by atoms with E-state index in [-0.39, 0.29) is 0 Å². The van der Waals surface area contributed by atoms with Crippen molar-refractivity contribution in [1.29, 1.82) is 0 Å². The van der Waals surface area contributed by atoms with Gasteiger partial charge in [-0.05, 0) is 68.2 Å². The van der Waals surface area contributed by atoms with Crippen LogP contribution in [0.25, 0.3) is 0 Å². The van der Waals surface area contributed by atoms with Gasteiger partial charge in [0, 0.05) is 13.2 Å². The van der Waals surface area contributed by atoms with E-state index in [9.17, 15) is 0 Å². The van der Waals surface area contributed by atoms with Crippen molar-refractivity contribution in [3.8, 4) is 0 Å². The zero-order chi connectivity index (χ0) is 13.3. The summed E-state index contributed by atoms with van der Waals surface area (Å²) >= 11 is 0. The maximum Gasteiger partial charge on any atom is 0.0581 e. The second-order valence-electron chi connectivity index (χ2n) is 7.81. The van der Waals surface area contributed by atoms with Crippen molar-refractivity contribution in [3.63, 3.8) is 0 Å². The van der Waals surface area contributed by atoms with Crippen LogP contribution in [-0.2, 0) is 4.74 Å². The van der Waals surface area contributed by atoms with Crippen LogP contribution in [0.5, 0.6) is 0 Å². The molecule has 4 atom stereocenters. The van der Waals surface area contributed by atoms with Crippen molar-refractivity contribution >= 4 is 0 Å². The quantitative estimate of drug-likeness (QED) is 0.792. The summed E-state index contributed by atoms with van der Waals surface area (Å²) in [6, 6.07) is 0. The highest BCUT2D eigenvalue weighted by atomic mass is 16.5. The molecule has 2 aliphatic carbocycles. The van der Waals surface area contributed by atoms with Gasteiger partial charge in [-0.3, -0.25) is 0 Å². The van der Waals surface area contributed by atoms with E-state index in [1.165, 1.54) is 58.0 Å². The van der Waals surface area contributed by atoms with Crippen molar-refractivity contribution in [2.75, 3.05) is 19.7 Å². The van der Waals surface area contributed by atoms with Crippen LogP contribution in [0.4, 0.5) is 0 Å². The van der Waals surface area contributed by atoms with E-state index in [0.717, 1.165) is 24.4 Å². The molecule has 0 aromatic rings. The number of rotatable bonds is 6. The lowest BCUT2D eigenvalue weighted by atomic mass is 9.69. The third-order valence-corrected chi connectivity index (χ3v) is 5.79. The summed E-state index contributed by atoms with van der Waals surface area (Å²) in [5.41, 5.74) is 0.576. The van der Waals surface area contributed by atoms with Gasteiger partial charge in [0.15, 0.2) is 0 Å². The summed E-state index contributed by atoms with van der Waals surface area (Å²) in [7, 11) is 0. The Labute approximate surface area is 118 Å². The molecule has 0 amide bonds. The minimum absolute atomic E-state index is 0.570. The molecule has 2 bridgehead atoms. The molecule has 1 saturated heterocycles. The SMILES string of the molecule is CC(C)CNCC1(CC2CCCO2)CC2CCC1C2. The number of fused-ring (bicyclic) bond motifs is 2. The van der Waals surface area contributed by atoms with E-state index in [1.54, 1.807) is 0 Å². The zero-order valence-electron chi connectivity index (χ0n) is 12.8. The Morgan fingerprint density at radius 2 is 2.16 bits per heavy atom. The fraction of sp³-hybridized carbons (Fsp3) is 1.00. The fourth-order valence-corrected chi connectivity index (χ4v) is 4.97. The van der Waals surface area contributed by atoms with Gasteiger partial charge < -0.3 is 10.1 Å². The minimum Gasteiger partial charge on any atom is -0.378 e. The van der Waals surface area contributed by atoms with Gasteiger partial charge in [0.25, 0.3) is 0 Å². The molecule has 0 radical (unpaired) electrons. The van der Waals surface area contributed by atoms with E-state index in [2.05, 4.69) is 19.2 Å². The molecule has 3 fully saturated rings. The second-order valence-corrected chi connectivity index (χ2v) is 7.81. The van der Waals surface area contributed by atoms with Gasteiger partial charge in [0.05, 0.1) is 6.10 Å². The summed E-state index contributed by atoms with van der Waals surface area (Å²) in [6.45, 7) is 8.03. The maximum absolute atomic E-state index is 5.95. The molecule has 2 saturated carbocycles. The fourth-order valence-electron chi connectivity index (χ4n) is 4.97. The van der Waals surface area contributed by atoms with Gasteiger partial charge in [0.2, 0.25) is 0 Å². The summed E-state index contributed by atoms with van der Waals surface area (Å²) < 4.78 is 5.95. The van der Waals surface area contributed by atoms with E-state index in [1.807, 2.05) is 0 Å². The monoisotopic (exact) mass is 265 g/mol. The molecule has 2 nitrogen and oxygen atoms in total. The van der Waals surface area contributed by atoms with Gasteiger partial charge in [-0.25, -0.2) is 0 Å². The third-order valence-electron chi connectivity index (χ3n) is 5.79. The molecule has 3 rings (SSSR count). The molecule has 0 aromatic heterocycles. The lowest BCUT2D eigenvalue weighted by molar-refractivity contribution is 0.0336. The van der Waals surface area contributed by atoms with Crippen molar-refractivity contribution in [1.82, 2.24) is 5.32 Å². The molecule has 19 heavy (non-hydrogen) atoms. The average molecular weight is 265 g/mol. The Kier molecular flexibility index (Phi) is 4.19. The summed E-state index contributed by atoms with van der Waals surface area (Å²) in [5.74, 6) is 2.78. The first-order chi connectivity index (χ1) is 9.18. The number of hydrogen-bond acceptors (Lipinski definition) is 2. The Balaban J connectivity index is 1.61.